The van der Waals surface area contributed by atoms with E-state index in [9.17, 15) is 9.59 Å². The van der Waals surface area contributed by atoms with Crippen molar-refractivity contribution in [3.8, 4) is 5.75 Å². The van der Waals surface area contributed by atoms with Crippen LogP contribution in [0.4, 0.5) is 5.69 Å². The summed E-state index contributed by atoms with van der Waals surface area (Å²) >= 11 is 1.78. The van der Waals surface area contributed by atoms with E-state index in [1.54, 1.807) is 18.9 Å². The zero-order chi connectivity index (χ0) is 20.8. The van der Waals surface area contributed by atoms with E-state index in [2.05, 4.69) is 19.2 Å². The number of thioether (sulfide) groups is 1. The molecule has 1 saturated heterocycles. The summed E-state index contributed by atoms with van der Waals surface area (Å²) in [6.45, 7) is 5.48. The van der Waals surface area contributed by atoms with E-state index < -0.39 is 0 Å². The average Bonchev–Trinajstić information content (AvgIpc) is 2.74. The highest BCUT2D eigenvalue weighted by Crippen LogP contribution is 2.27. The van der Waals surface area contributed by atoms with E-state index in [1.165, 1.54) is 4.90 Å². The second-order valence-corrected chi connectivity index (χ2v) is 9.10. The third-order valence-electron chi connectivity index (χ3n) is 4.99. The fraction of sp³-hybridized carbons (Fsp3) is 0.391. The first-order valence-corrected chi connectivity index (χ1v) is 10.9. The Morgan fingerprint density at radius 1 is 1.07 bits per heavy atom. The highest BCUT2D eigenvalue weighted by Gasteiger charge is 2.28. The van der Waals surface area contributed by atoms with Crippen LogP contribution in [0.1, 0.15) is 37.0 Å². The van der Waals surface area contributed by atoms with E-state index >= 15 is 0 Å². The molecule has 6 heteroatoms. The number of rotatable bonds is 6. The van der Waals surface area contributed by atoms with E-state index in [0.29, 0.717) is 48.2 Å². The lowest BCUT2D eigenvalue weighted by atomic mass is 9.95. The van der Waals surface area contributed by atoms with E-state index in [1.807, 2.05) is 53.4 Å². The molecule has 0 unspecified atom stereocenters. The maximum Gasteiger partial charge on any atom is 0.253 e. The third kappa shape index (κ3) is 5.54. The lowest BCUT2D eigenvalue weighted by Crippen LogP contribution is -2.41. The molecule has 3 rings (SSSR count). The van der Waals surface area contributed by atoms with Crippen molar-refractivity contribution in [3.63, 3.8) is 0 Å². The number of carbonyl (C=O) groups excluding carboxylic acids is 2. The van der Waals surface area contributed by atoms with E-state index in [-0.39, 0.29) is 17.7 Å². The Labute approximate surface area is 176 Å². The second kappa shape index (κ2) is 9.83. The maximum atomic E-state index is 12.8. The Balaban J connectivity index is 1.54. The molecule has 1 heterocycles. The molecule has 0 saturated carbocycles. The zero-order valence-corrected chi connectivity index (χ0v) is 18.0. The second-order valence-electron chi connectivity index (χ2n) is 7.45. The number of benzene rings is 2. The van der Waals surface area contributed by atoms with E-state index in [4.69, 9.17) is 4.74 Å². The summed E-state index contributed by atoms with van der Waals surface area (Å²) in [6, 6.07) is 15.2. The van der Waals surface area contributed by atoms with Crippen molar-refractivity contribution in [2.45, 2.75) is 36.8 Å². The highest BCUT2D eigenvalue weighted by atomic mass is 32.2. The minimum atomic E-state index is -0.103. The minimum Gasteiger partial charge on any atom is -0.495 e. The monoisotopic (exact) mass is 412 g/mol. The fourth-order valence-corrected chi connectivity index (χ4v) is 4.30. The van der Waals surface area contributed by atoms with Crippen LogP contribution in [0.5, 0.6) is 5.75 Å². The maximum absolute atomic E-state index is 12.8. The zero-order valence-electron chi connectivity index (χ0n) is 17.2. The summed E-state index contributed by atoms with van der Waals surface area (Å²) in [5.74, 6) is 0.563. The third-order valence-corrected chi connectivity index (χ3v) is 6.01. The van der Waals surface area contributed by atoms with Crippen LogP contribution in [0.2, 0.25) is 0 Å². The predicted octanol–water partition coefficient (Wildman–Crippen LogP) is 4.69. The molecular formula is C23H28N2O3S. The quantitative estimate of drug-likeness (QED) is 0.700. The topological polar surface area (TPSA) is 58.6 Å². The number of hydrogen-bond acceptors (Lipinski definition) is 4. The van der Waals surface area contributed by atoms with Gasteiger partial charge in [0.25, 0.3) is 5.91 Å². The minimum absolute atomic E-state index is 0.0170. The van der Waals surface area contributed by atoms with Crippen molar-refractivity contribution in [2.75, 3.05) is 25.5 Å². The Morgan fingerprint density at radius 3 is 2.34 bits per heavy atom. The van der Waals surface area contributed by atoms with Crippen LogP contribution in [-0.4, -0.2) is 42.2 Å². The summed E-state index contributed by atoms with van der Waals surface area (Å²) < 4.78 is 5.29. The largest absolute Gasteiger partial charge is 0.495 e. The van der Waals surface area contributed by atoms with Crippen molar-refractivity contribution in [3.05, 3.63) is 54.1 Å². The van der Waals surface area contributed by atoms with Crippen molar-refractivity contribution >= 4 is 29.3 Å². The summed E-state index contributed by atoms with van der Waals surface area (Å²) in [5, 5.41) is 3.47. The number of hydrogen-bond donors (Lipinski definition) is 1. The van der Waals surface area contributed by atoms with Gasteiger partial charge in [-0.2, -0.15) is 0 Å². The van der Waals surface area contributed by atoms with E-state index in [0.717, 1.165) is 0 Å². The Kier molecular flexibility index (Phi) is 7.20. The molecule has 29 heavy (non-hydrogen) atoms. The van der Waals surface area contributed by atoms with Crippen molar-refractivity contribution in [2.24, 2.45) is 5.92 Å². The smallest absolute Gasteiger partial charge is 0.253 e. The van der Waals surface area contributed by atoms with Gasteiger partial charge in [0.05, 0.1) is 12.8 Å². The van der Waals surface area contributed by atoms with Gasteiger partial charge in [0.1, 0.15) is 5.75 Å². The molecule has 0 aliphatic carbocycles. The van der Waals surface area contributed by atoms with Crippen LogP contribution in [0.15, 0.2) is 53.4 Å². The molecule has 1 aliphatic heterocycles. The number of nitrogens with zero attached hydrogens (tertiary/aromatic N) is 1. The summed E-state index contributed by atoms with van der Waals surface area (Å²) in [5.41, 5.74) is 1.38. The number of para-hydroxylation sites is 2. The lowest BCUT2D eigenvalue weighted by Gasteiger charge is -2.31. The molecule has 0 radical (unpaired) electrons. The van der Waals surface area contributed by atoms with Crippen LogP contribution in [0.3, 0.4) is 0 Å². The van der Waals surface area contributed by atoms with Gasteiger partial charge in [-0.1, -0.05) is 26.0 Å². The molecule has 5 nitrogen and oxygen atoms in total. The Morgan fingerprint density at radius 2 is 1.72 bits per heavy atom. The number of piperidine rings is 1. The Bertz CT molecular complexity index is 843. The first-order valence-electron chi connectivity index (χ1n) is 9.98. The van der Waals surface area contributed by atoms with Crippen molar-refractivity contribution in [1.29, 1.82) is 0 Å². The number of nitrogens with one attached hydrogen (secondary N) is 1. The van der Waals surface area contributed by atoms with Gasteiger partial charge in [-0.3, -0.25) is 9.59 Å². The van der Waals surface area contributed by atoms with Gasteiger partial charge in [-0.05, 0) is 49.2 Å². The fourth-order valence-electron chi connectivity index (χ4n) is 3.46. The van der Waals surface area contributed by atoms with Crippen LogP contribution in [0, 0.1) is 5.92 Å². The van der Waals surface area contributed by atoms with Crippen LogP contribution >= 0.6 is 11.8 Å². The van der Waals surface area contributed by atoms with Gasteiger partial charge in [0.15, 0.2) is 0 Å². The first-order chi connectivity index (χ1) is 14.0. The van der Waals surface area contributed by atoms with Gasteiger partial charge in [-0.25, -0.2) is 0 Å². The molecule has 1 N–H and O–H groups in total. The number of likely N-dealkylation sites (tertiary alicyclic amines) is 1. The van der Waals surface area contributed by atoms with Crippen molar-refractivity contribution < 1.29 is 14.3 Å². The number of carbonyl (C=O) groups is 2. The van der Waals surface area contributed by atoms with Gasteiger partial charge in [-0.15, -0.1) is 11.8 Å². The molecule has 0 aromatic heterocycles. The van der Waals surface area contributed by atoms with Crippen LogP contribution in [0.25, 0.3) is 0 Å². The molecule has 0 atom stereocenters. The van der Waals surface area contributed by atoms with Crippen molar-refractivity contribution in [1.82, 2.24) is 4.90 Å². The molecule has 0 bridgehead atoms. The molecular weight excluding hydrogens is 384 g/mol. The summed E-state index contributed by atoms with van der Waals surface area (Å²) in [4.78, 5) is 28.4. The van der Waals surface area contributed by atoms with Gasteiger partial charge in [0, 0.05) is 34.7 Å². The predicted molar refractivity (Wildman–Crippen MR) is 118 cm³/mol. The average molecular weight is 413 g/mol. The lowest BCUT2D eigenvalue weighted by molar-refractivity contribution is -0.121. The number of anilines is 1. The molecule has 2 aromatic rings. The molecule has 1 fully saturated rings. The first kappa shape index (κ1) is 21.2. The molecule has 2 amide bonds. The molecule has 1 aliphatic rings. The normalized spacial score (nSPS) is 14.7. The van der Waals surface area contributed by atoms with Gasteiger partial charge in [0.2, 0.25) is 5.91 Å². The highest BCUT2D eigenvalue weighted by molar-refractivity contribution is 7.99. The van der Waals surface area contributed by atoms with Gasteiger partial charge < -0.3 is 15.0 Å². The molecule has 154 valence electrons. The summed E-state index contributed by atoms with van der Waals surface area (Å²) in [7, 11) is 1.59. The Hall–Kier alpha value is -2.47. The van der Waals surface area contributed by atoms with Crippen LogP contribution in [-0.2, 0) is 4.79 Å². The standard InChI is InChI=1S/C23H28N2O3S/c1-16(2)29-19-10-8-18(9-11-19)23(27)25-14-12-17(13-15-25)22(26)24-20-6-4-5-7-21(20)28-3/h4-11,16-17H,12-15H2,1-3H3,(H,24,26). The number of methoxy groups -OCH3 is 1. The molecule has 0 spiro atoms. The summed E-state index contributed by atoms with van der Waals surface area (Å²) in [6.07, 6.45) is 1.32. The molecule has 2 aromatic carbocycles. The van der Waals surface area contributed by atoms with Gasteiger partial charge >= 0.3 is 0 Å². The number of amides is 2. The van der Waals surface area contributed by atoms with Crippen LogP contribution < -0.4 is 10.1 Å². The number of ether oxygens (including phenoxy) is 1. The SMILES string of the molecule is COc1ccccc1NC(=O)C1CCN(C(=O)c2ccc(SC(C)C)cc2)CC1.